The number of aromatic amines is 1. The van der Waals surface area contributed by atoms with E-state index in [0.29, 0.717) is 5.82 Å². The highest BCUT2D eigenvalue weighted by Gasteiger charge is 2.14. The van der Waals surface area contributed by atoms with Crippen molar-refractivity contribution in [1.29, 1.82) is 0 Å². The summed E-state index contributed by atoms with van der Waals surface area (Å²) in [6, 6.07) is 1.64. The molecule has 0 spiro atoms. The maximum absolute atomic E-state index is 11.8. The normalized spacial score (nSPS) is 12.4. The van der Waals surface area contributed by atoms with Gasteiger partial charge in [0, 0.05) is 5.69 Å². The minimum absolute atomic E-state index is 0.140. The van der Waals surface area contributed by atoms with Crippen molar-refractivity contribution in [3.8, 4) is 0 Å². The van der Waals surface area contributed by atoms with E-state index in [0.717, 1.165) is 11.4 Å². The first kappa shape index (κ1) is 12.2. The lowest BCUT2D eigenvalue weighted by molar-refractivity contribution is -0.122. The fourth-order valence-corrected chi connectivity index (χ4v) is 1.68. The van der Waals surface area contributed by atoms with Crippen molar-refractivity contribution in [3.05, 3.63) is 23.3 Å². The first-order valence-corrected chi connectivity index (χ1v) is 5.60. The van der Waals surface area contributed by atoms with E-state index in [4.69, 9.17) is 0 Å². The Labute approximate surface area is 104 Å². The predicted octanol–water partition coefficient (Wildman–Crippen LogP) is -0.110. The molecule has 0 saturated carbocycles. The lowest BCUT2D eigenvalue weighted by Crippen LogP contribution is -2.31. The minimum atomic E-state index is -0.284. The van der Waals surface area contributed by atoms with Gasteiger partial charge in [0.15, 0.2) is 5.82 Å². The van der Waals surface area contributed by atoms with Crippen LogP contribution in [0.15, 0.2) is 6.07 Å². The second kappa shape index (κ2) is 4.94. The second-order valence-electron chi connectivity index (χ2n) is 4.14. The van der Waals surface area contributed by atoms with Gasteiger partial charge in [0.2, 0.25) is 5.91 Å². The summed E-state index contributed by atoms with van der Waals surface area (Å²) in [5.41, 5.74) is 1.85. The van der Waals surface area contributed by atoms with Crippen LogP contribution in [0, 0.1) is 13.8 Å². The third-order valence-electron chi connectivity index (χ3n) is 2.52. The number of rotatable bonds is 4. The molecule has 96 valence electrons. The molecule has 1 atom stereocenters. The Bertz CT molecular complexity index is 530. The second-order valence-corrected chi connectivity index (χ2v) is 4.14. The Hall–Kier alpha value is -2.25. The quantitative estimate of drug-likeness (QED) is 0.787. The van der Waals surface area contributed by atoms with Gasteiger partial charge in [-0.1, -0.05) is 5.21 Å². The Morgan fingerprint density at radius 3 is 2.89 bits per heavy atom. The Balaban J connectivity index is 1.95. The number of nitrogens with one attached hydrogen (secondary N) is 2. The fourth-order valence-electron chi connectivity index (χ4n) is 1.68. The van der Waals surface area contributed by atoms with Crippen LogP contribution in [0.5, 0.6) is 0 Å². The Kier molecular flexibility index (Phi) is 3.35. The van der Waals surface area contributed by atoms with E-state index in [2.05, 4.69) is 31.0 Å². The van der Waals surface area contributed by atoms with Gasteiger partial charge in [-0.2, -0.15) is 10.3 Å². The maximum Gasteiger partial charge on any atom is 0.242 e. The highest BCUT2D eigenvalue weighted by atomic mass is 16.2. The first-order chi connectivity index (χ1) is 8.56. The number of hydrogen-bond donors (Lipinski definition) is 2. The smallest absolute Gasteiger partial charge is 0.242 e. The van der Waals surface area contributed by atoms with Crippen LogP contribution in [0.3, 0.4) is 0 Å². The van der Waals surface area contributed by atoms with Crippen molar-refractivity contribution >= 4 is 5.91 Å². The molecule has 0 aromatic carbocycles. The molecule has 0 fully saturated rings. The molecule has 0 radical (unpaired) electrons. The third kappa shape index (κ3) is 2.70. The lowest BCUT2D eigenvalue weighted by Gasteiger charge is -2.10. The molecular weight excluding hydrogens is 234 g/mol. The van der Waals surface area contributed by atoms with E-state index >= 15 is 0 Å². The number of aromatic nitrogens is 6. The molecule has 2 aromatic heterocycles. The summed E-state index contributed by atoms with van der Waals surface area (Å²) in [6.07, 6.45) is 0. The highest BCUT2D eigenvalue weighted by molar-refractivity contribution is 5.76. The van der Waals surface area contributed by atoms with Gasteiger partial charge >= 0.3 is 0 Å². The monoisotopic (exact) mass is 249 g/mol. The topological polar surface area (TPSA) is 101 Å². The molecule has 0 aliphatic heterocycles. The van der Waals surface area contributed by atoms with E-state index < -0.39 is 0 Å². The minimum Gasteiger partial charge on any atom is -0.345 e. The zero-order valence-corrected chi connectivity index (χ0v) is 10.5. The standard InChI is InChI=1S/C10H15N7O/c1-6-4-7(2)17(14-6)5-9(18)11-8(3)10-12-15-16-13-10/h4,8H,5H2,1-3H3,(H,11,18)(H,12,13,15,16). The van der Waals surface area contributed by atoms with Crippen molar-refractivity contribution in [2.24, 2.45) is 0 Å². The molecule has 1 amide bonds. The van der Waals surface area contributed by atoms with Crippen LogP contribution in [-0.2, 0) is 11.3 Å². The van der Waals surface area contributed by atoms with Gasteiger partial charge in [0.1, 0.15) is 6.54 Å². The van der Waals surface area contributed by atoms with Crippen molar-refractivity contribution in [2.45, 2.75) is 33.4 Å². The van der Waals surface area contributed by atoms with Crippen LogP contribution in [0.2, 0.25) is 0 Å². The average Bonchev–Trinajstić information content (AvgIpc) is 2.89. The molecule has 1 unspecified atom stereocenters. The molecule has 2 rings (SSSR count). The van der Waals surface area contributed by atoms with Crippen LogP contribution in [0.1, 0.15) is 30.2 Å². The summed E-state index contributed by atoms with van der Waals surface area (Å²) in [5.74, 6) is 0.315. The number of nitrogens with zero attached hydrogens (tertiary/aromatic N) is 5. The third-order valence-corrected chi connectivity index (χ3v) is 2.52. The van der Waals surface area contributed by atoms with Crippen molar-refractivity contribution in [3.63, 3.8) is 0 Å². The zero-order chi connectivity index (χ0) is 13.1. The number of carbonyl (C=O) groups excluding carboxylic acids is 1. The number of carbonyl (C=O) groups is 1. The largest absolute Gasteiger partial charge is 0.345 e. The lowest BCUT2D eigenvalue weighted by atomic mass is 10.3. The molecule has 0 saturated heterocycles. The molecular formula is C10H15N7O. The van der Waals surface area contributed by atoms with Gasteiger partial charge in [-0.15, -0.1) is 10.2 Å². The summed E-state index contributed by atoms with van der Waals surface area (Å²) in [7, 11) is 0. The molecule has 8 heteroatoms. The molecule has 0 aliphatic rings. The van der Waals surface area contributed by atoms with Crippen LogP contribution in [-0.4, -0.2) is 36.3 Å². The van der Waals surface area contributed by atoms with Gasteiger partial charge < -0.3 is 5.32 Å². The SMILES string of the molecule is Cc1cc(C)n(CC(=O)NC(C)c2nn[nH]n2)n1. The van der Waals surface area contributed by atoms with Gasteiger partial charge in [-0.3, -0.25) is 9.48 Å². The predicted molar refractivity (Wildman–Crippen MR) is 62.4 cm³/mol. The number of aryl methyl sites for hydroxylation is 2. The first-order valence-electron chi connectivity index (χ1n) is 5.60. The van der Waals surface area contributed by atoms with Crippen LogP contribution in [0.4, 0.5) is 0 Å². The molecule has 2 N–H and O–H groups in total. The molecule has 2 aromatic rings. The van der Waals surface area contributed by atoms with E-state index in [1.165, 1.54) is 0 Å². The average molecular weight is 249 g/mol. The number of tetrazole rings is 1. The van der Waals surface area contributed by atoms with E-state index in [9.17, 15) is 4.79 Å². The highest BCUT2D eigenvalue weighted by Crippen LogP contribution is 2.04. The van der Waals surface area contributed by atoms with Crippen molar-refractivity contribution in [1.82, 2.24) is 35.7 Å². The van der Waals surface area contributed by atoms with Gasteiger partial charge in [-0.05, 0) is 26.8 Å². The summed E-state index contributed by atoms with van der Waals surface area (Å²) < 4.78 is 1.66. The molecule has 0 bridgehead atoms. The number of H-pyrrole nitrogens is 1. The van der Waals surface area contributed by atoms with E-state index in [1.807, 2.05) is 19.9 Å². The van der Waals surface area contributed by atoms with Gasteiger partial charge in [0.05, 0.1) is 11.7 Å². The van der Waals surface area contributed by atoms with Gasteiger partial charge in [0.25, 0.3) is 0 Å². The van der Waals surface area contributed by atoms with Crippen LogP contribution >= 0.6 is 0 Å². The number of amides is 1. The van der Waals surface area contributed by atoms with Crippen LogP contribution in [0.25, 0.3) is 0 Å². The van der Waals surface area contributed by atoms with E-state index in [1.54, 1.807) is 11.6 Å². The number of hydrogen-bond acceptors (Lipinski definition) is 5. The van der Waals surface area contributed by atoms with Crippen LogP contribution < -0.4 is 5.32 Å². The maximum atomic E-state index is 11.8. The van der Waals surface area contributed by atoms with E-state index in [-0.39, 0.29) is 18.5 Å². The molecule has 8 nitrogen and oxygen atoms in total. The molecule has 0 aliphatic carbocycles. The van der Waals surface area contributed by atoms with Crippen molar-refractivity contribution < 1.29 is 4.79 Å². The summed E-state index contributed by atoms with van der Waals surface area (Å²) in [4.78, 5) is 11.8. The Morgan fingerprint density at radius 2 is 2.33 bits per heavy atom. The Morgan fingerprint density at radius 1 is 1.56 bits per heavy atom. The fraction of sp³-hybridized carbons (Fsp3) is 0.500. The molecule has 18 heavy (non-hydrogen) atoms. The summed E-state index contributed by atoms with van der Waals surface area (Å²) >= 11 is 0. The molecule has 2 heterocycles. The summed E-state index contributed by atoms with van der Waals surface area (Å²) in [5, 5.41) is 20.4. The van der Waals surface area contributed by atoms with Gasteiger partial charge in [-0.25, -0.2) is 0 Å². The summed E-state index contributed by atoms with van der Waals surface area (Å²) in [6.45, 7) is 5.78. The van der Waals surface area contributed by atoms with Crippen molar-refractivity contribution in [2.75, 3.05) is 0 Å². The zero-order valence-electron chi connectivity index (χ0n) is 10.5.